The molecule has 6 nitrogen and oxygen atoms in total. The van der Waals surface area contributed by atoms with Crippen LogP contribution in [0.3, 0.4) is 0 Å². The van der Waals surface area contributed by atoms with Crippen molar-refractivity contribution in [3.63, 3.8) is 0 Å². The number of carbonyl (C=O) groups excluding carboxylic acids is 2. The maximum atomic E-state index is 11.3. The van der Waals surface area contributed by atoms with Gasteiger partial charge in [0.25, 0.3) is 0 Å². The van der Waals surface area contributed by atoms with Crippen molar-refractivity contribution in [1.29, 1.82) is 0 Å². The van der Waals surface area contributed by atoms with E-state index in [1.165, 1.54) is 0 Å². The molecule has 1 aromatic heterocycles. The molecular weight excluding hydrogens is 234 g/mol. The fraction of sp³-hybridized carbons (Fsp3) is 0.417. The van der Waals surface area contributed by atoms with Gasteiger partial charge in [0.1, 0.15) is 6.54 Å². The first kappa shape index (κ1) is 14.0. The van der Waals surface area contributed by atoms with Crippen molar-refractivity contribution in [2.24, 2.45) is 0 Å². The minimum Gasteiger partial charge on any atom is -0.465 e. The third-order valence-corrected chi connectivity index (χ3v) is 2.15. The smallest absolute Gasteiger partial charge is 0.325 e. The van der Waals surface area contributed by atoms with Gasteiger partial charge in [0, 0.05) is 18.9 Å². The summed E-state index contributed by atoms with van der Waals surface area (Å²) in [5, 5.41) is 5.07. The Hall–Kier alpha value is -2.11. The molecule has 1 rings (SSSR count). The summed E-state index contributed by atoms with van der Waals surface area (Å²) in [5.74, 6) is -0.443. The molecule has 0 aliphatic carbocycles. The number of rotatable bonds is 6. The predicted molar refractivity (Wildman–Crippen MR) is 66.0 cm³/mol. The molecule has 0 aliphatic heterocycles. The van der Waals surface area contributed by atoms with E-state index in [-0.39, 0.29) is 12.6 Å². The Morgan fingerprint density at radius 3 is 2.67 bits per heavy atom. The summed E-state index contributed by atoms with van der Waals surface area (Å²) in [6.07, 6.45) is 4.13. The number of nitrogens with one attached hydrogen (secondary N) is 2. The molecule has 0 unspecified atom stereocenters. The molecule has 0 aromatic carbocycles. The topological polar surface area (TPSA) is 80.3 Å². The number of nitrogens with zero attached hydrogens (tertiary/aromatic N) is 1. The van der Waals surface area contributed by atoms with E-state index in [0.717, 1.165) is 12.0 Å². The monoisotopic (exact) mass is 251 g/mol. The highest BCUT2D eigenvalue weighted by atomic mass is 16.5. The van der Waals surface area contributed by atoms with E-state index in [1.807, 2.05) is 12.1 Å². The number of aromatic nitrogens is 1. The molecule has 0 spiro atoms. The minimum absolute atomic E-state index is 0.116. The Morgan fingerprint density at radius 1 is 1.28 bits per heavy atom. The summed E-state index contributed by atoms with van der Waals surface area (Å²) in [4.78, 5) is 26.2. The van der Waals surface area contributed by atoms with Crippen LogP contribution in [-0.2, 0) is 16.0 Å². The fourth-order valence-electron chi connectivity index (χ4n) is 1.30. The van der Waals surface area contributed by atoms with Gasteiger partial charge in [-0.05, 0) is 31.0 Å². The molecule has 2 amide bonds. The summed E-state index contributed by atoms with van der Waals surface area (Å²) in [7, 11) is 0. The highest BCUT2D eigenvalue weighted by molar-refractivity contribution is 5.80. The second kappa shape index (κ2) is 8.05. The zero-order chi connectivity index (χ0) is 13.2. The van der Waals surface area contributed by atoms with E-state index in [4.69, 9.17) is 0 Å². The number of esters is 1. The fourth-order valence-corrected chi connectivity index (χ4v) is 1.30. The molecular formula is C12H17N3O3. The quantitative estimate of drug-likeness (QED) is 0.721. The summed E-state index contributed by atoms with van der Waals surface area (Å²) < 4.78 is 4.68. The first-order valence-electron chi connectivity index (χ1n) is 5.78. The van der Waals surface area contributed by atoms with Crippen LogP contribution in [0.15, 0.2) is 24.5 Å². The molecule has 0 atom stereocenters. The van der Waals surface area contributed by atoms with E-state index >= 15 is 0 Å². The highest BCUT2D eigenvalue weighted by Gasteiger charge is 2.04. The first-order valence-corrected chi connectivity index (χ1v) is 5.78. The Bertz CT molecular complexity index is 381. The third-order valence-electron chi connectivity index (χ3n) is 2.15. The number of hydrogen-bond acceptors (Lipinski definition) is 4. The summed E-state index contributed by atoms with van der Waals surface area (Å²) in [6.45, 7) is 2.41. The van der Waals surface area contributed by atoms with Crippen molar-refractivity contribution in [1.82, 2.24) is 15.6 Å². The third kappa shape index (κ3) is 5.83. The minimum atomic E-state index is -0.443. The number of ether oxygens (including phenoxy) is 1. The van der Waals surface area contributed by atoms with Crippen LogP contribution in [0.1, 0.15) is 12.5 Å². The van der Waals surface area contributed by atoms with Crippen LogP contribution in [0.5, 0.6) is 0 Å². The van der Waals surface area contributed by atoms with Crippen LogP contribution < -0.4 is 10.6 Å². The average molecular weight is 251 g/mol. The van der Waals surface area contributed by atoms with Crippen molar-refractivity contribution >= 4 is 12.0 Å². The summed E-state index contributed by atoms with van der Waals surface area (Å²) in [5.41, 5.74) is 1.09. The van der Waals surface area contributed by atoms with E-state index in [9.17, 15) is 9.59 Å². The molecule has 2 N–H and O–H groups in total. The number of pyridine rings is 1. The van der Waals surface area contributed by atoms with Crippen molar-refractivity contribution in [2.75, 3.05) is 19.7 Å². The van der Waals surface area contributed by atoms with Crippen LogP contribution in [-0.4, -0.2) is 36.7 Å². The zero-order valence-corrected chi connectivity index (χ0v) is 10.3. The lowest BCUT2D eigenvalue weighted by Crippen LogP contribution is -2.39. The maximum Gasteiger partial charge on any atom is 0.325 e. The second-order valence-corrected chi connectivity index (χ2v) is 3.52. The molecule has 98 valence electrons. The first-order chi connectivity index (χ1) is 8.72. The molecule has 0 radical (unpaired) electrons. The summed E-state index contributed by atoms with van der Waals surface area (Å²) >= 11 is 0. The lowest BCUT2D eigenvalue weighted by molar-refractivity contribution is -0.141. The lowest BCUT2D eigenvalue weighted by atomic mass is 10.2. The van der Waals surface area contributed by atoms with Gasteiger partial charge in [-0.2, -0.15) is 0 Å². The Morgan fingerprint density at radius 2 is 2.00 bits per heavy atom. The van der Waals surface area contributed by atoms with Crippen molar-refractivity contribution in [2.45, 2.75) is 13.3 Å². The van der Waals surface area contributed by atoms with E-state index in [2.05, 4.69) is 20.4 Å². The molecule has 18 heavy (non-hydrogen) atoms. The Balaban J connectivity index is 2.12. The van der Waals surface area contributed by atoms with Crippen LogP contribution in [0, 0.1) is 0 Å². The zero-order valence-electron chi connectivity index (χ0n) is 10.3. The normalized spacial score (nSPS) is 9.61. The Kier molecular flexibility index (Phi) is 6.24. The lowest BCUT2D eigenvalue weighted by Gasteiger charge is -2.07. The largest absolute Gasteiger partial charge is 0.465 e. The van der Waals surface area contributed by atoms with Crippen LogP contribution in [0.2, 0.25) is 0 Å². The molecule has 0 fully saturated rings. The van der Waals surface area contributed by atoms with Gasteiger partial charge in [-0.15, -0.1) is 0 Å². The van der Waals surface area contributed by atoms with Crippen LogP contribution in [0.4, 0.5) is 4.79 Å². The molecule has 0 bridgehead atoms. The SMILES string of the molecule is CCOC(=O)CNC(=O)NCCc1ccncc1. The van der Waals surface area contributed by atoms with Crippen LogP contribution >= 0.6 is 0 Å². The predicted octanol–water partition coefficient (Wildman–Crippen LogP) is 0.486. The van der Waals surface area contributed by atoms with Crippen molar-refractivity contribution < 1.29 is 14.3 Å². The molecule has 1 aromatic rings. The molecule has 6 heteroatoms. The van der Waals surface area contributed by atoms with E-state index < -0.39 is 5.97 Å². The van der Waals surface area contributed by atoms with Gasteiger partial charge in [-0.1, -0.05) is 0 Å². The molecule has 0 aliphatic rings. The van der Waals surface area contributed by atoms with Gasteiger partial charge in [0.05, 0.1) is 6.61 Å². The number of urea groups is 1. The number of hydrogen-bond donors (Lipinski definition) is 2. The number of amides is 2. The van der Waals surface area contributed by atoms with Gasteiger partial charge >= 0.3 is 12.0 Å². The van der Waals surface area contributed by atoms with Gasteiger partial charge in [-0.3, -0.25) is 9.78 Å². The molecule has 0 saturated carbocycles. The van der Waals surface area contributed by atoms with Gasteiger partial charge in [-0.25, -0.2) is 4.79 Å². The highest BCUT2D eigenvalue weighted by Crippen LogP contribution is 1.95. The standard InChI is InChI=1S/C12H17N3O3/c1-2-18-11(16)9-15-12(17)14-8-5-10-3-6-13-7-4-10/h3-4,6-7H,2,5,8-9H2,1H3,(H2,14,15,17). The van der Waals surface area contributed by atoms with Gasteiger partial charge < -0.3 is 15.4 Å². The van der Waals surface area contributed by atoms with Gasteiger partial charge in [0.15, 0.2) is 0 Å². The maximum absolute atomic E-state index is 11.3. The molecule has 1 heterocycles. The molecule has 0 saturated heterocycles. The van der Waals surface area contributed by atoms with Crippen molar-refractivity contribution in [3.8, 4) is 0 Å². The second-order valence-electron chi connectivity index (χ2n) is 3.52. The Labute approximate surface area is 106 Å². The van der Waals surface area contributed by atoms with E-state index in [0.29, 0.717) is 13.2 Å². The van der Waals surface area contributed by atoms with E-state index in [1.54, 1.807) is 19.3 Å². The number of carbonyl (C=O) groups is 2. The average Bonchev–Trinajstić information content (AvgIpc) is 2.38. The summed E-state index contributed by atoms with van der Waals surface area (Å²) in [6, 6.07) is 3.40. The van der Waals surface area contributed by atoms with Crippen LogP contribution in [0.25, 0.3) is 0 Å². The van der Waals surface area contributed by atoms with Gasteiger partial charge in [0.2, 0.25) is 0 Å². The van der Waals surface area contributed by atoms with Crippen molar-refractivity contribution in [3.05, 3.63) is 30.1 Å².